The fourth-order valence-corrected chi connectivity index (χ4v) is 4.20. The zero-order valence-corrected chi connectivity index (χ0v) is 18.8. The van der Waals surface area contributed by atoms with E-state index in [4.69, 9.17) is 21.3 Å². The number of methoxy groups -OCH3 is 1. The number of pyridine rings is 1. The van der Waals surface area contributed by atoms with Gasteiger partial charge in [-0.05, 0) is 48.4 Å². The Balaban J connectivity index is 1.48. The van der Waals surface area contributed by atoms with E-state index in [0.717, 1.165) is 38.7 Å². The highest BCUT2D eigenvalue weighted by atomic mass is 35.5. The quantitative estimate of drug-likeness (QED) is 0.329. The summed E-state index contributed by atoms with van der Waals surface area (Å²) in [6.07, 6.45) is 0.714. The topological polar surface area (TPSA) is 67.0 Å². The highest BCUT2D eigenvalue weighted by Gasteiger charge is 2.17. The number of carbonyl (C=O) groups is 1. The molecule has 0 aliphatic heterocycles. The summed E-state index contributed by atoms with van der Waals surface area (Å²) in [7, 11) is 1.64. The van der Waals surface area contributed by atoms with Crippen molar-refractivity contribution in [2.75, 3.05) is 13.7 Å². The van der Waals surface area contributed by atoms with Crippen molar-refractivity contribution in [1.29, 1.82) is 0 Å². The maximum absolute atomic E-state index is 13.1. The first-order chi connectivity index (χ1) is 16.1. The molecule has 5 rings (SSSR count). The molecule has 0 saturated heterocycles. The molecule has 2 N–H and O–H groups in total. The minimum atomic E-state index is -0.209. The molecule has 0 radical (unpaired) electrons. The van der Waals surface area contributed by atoms with Crippen LogP contribution in [0.25, 0.3) is 33.1 Å². The monoisotopic (exact) mass is 455 g/mol. The fourth-order valence-electron chi connectivity index (χ4n) is 4.01. The Labute approximate surface area is 196 Å². The summed E-state index contributed by atoms with van der Waals surface area (Å²) in [6, 6.07) is 25.2. The lowest BCUT2D eigenvalue weighted by Gasteiger charge is -2.09. The molecule has 2 heterocycles. The Bertz CT molecular complexity index is 1460. The second kappa shape index (κ2) is 8.96. The van der Waals surface area contributed by atoms with Crippen LogP contribution < -0.4 is 10.1 Å². The number of benzene rings is 3. The predicted octanol–water partition coefficient (Wildman–Crippen LogP) is 6.02. The maximum Gasteiger partial charge on any atom is 0.269 e. The molecule has 0 saturated carbocycles. The van der Waals surface area contributed by atoms with Crippen LogP contribution in [0, 0.1) is 0 Å². The summed E-state index contributed by atoms with van der Waals surface area (Å²) in [5, 5.41) is 5.62. The first-order valence-electron chi connectivity index (χ1n) is 10.7. The summed E-state index contributed by atoms with van der Waals surface area (Å²) in [4.78, 5) is 21.3. The molecule has 1 amide bonds. The molecule has 164 valence electrons. The minimum absolute atomic E-state index is 0.209. The summed E-state index contributed by atoms with van der Waals surface area (Å²) in [5.41, 5.74) is 4.93. The summed E-state index contributed by atoms with van der Waals surface area (Å²) in [5.74, 6) is 0.603. The van der Waals surface area contributed by atoms with Crippen LogP contribution in [-0.4, -0.2) is 29.5 Å². The van der Waals surface area contributed by atoms with E-state index in [0.29, 0.717) is 29.4 Å². The number of rotatable bonds is 6. The number of carbonyl (C=O) groups excluding carboxylic acids is 1. The molecule has 33 heavy (non-hydrogen) atoms. The van der Waals surface area contributed by atoms with E-state index in [1.807, 2.05) is 78.9 Å². The molecular formula is C27H22ClN3O2. The van der Waals surface area contributed by atoms with Gasteiger partial charge in [0.2, 0.25) is 0 Å². The number of H-pyrrole nitrogens is 1. The van der Waals surface area contributed by atoms with Crippen LogP contribution in [0.15, 0.2) is 78.9 Å². The molecule has 6 heteroatoms. The predicted molar refractivity (Wildman–Crippen MR) is 133 cm³/mol. The Morgan fingerprint density at radius 2 is 1.82 bits per heavy atom. The van der Waals surface area contributed by atoms with E-state index in [1.54, 1.807) is 7.11 Å². The second-order valence-electron chi connectivity index (χ2n) is 7.81. The van der Waals surface area contributed by atoms with Gasteiger partial charge in [0.25, 0.3) is 5.91 Å². The van der Waals surface area contributed by atoms with Gasteiger partial charge >= 0.3 is 0 Å². The lowest BCUT2D eigenvalue weighted by molar-refractivity contribution is 0.0949. The molecule has 5 nitrogen and oxygen atoms in total. The number of nitrogens with one attached hydrogen (secondary N) is 2. The van der Waals surface area contributed by atoms with Crippen LogP contribution in [0.5, 0.6) is 5.75 Å². The molecule has 0 atom stereocenters. The van der Waals surface area contributed by atoms with Gasteiger partial charge in [-0.3, -0.25) is 4.79 Å². The van der Waals surface area contributed by atoms with Gasteiger partial charge in [-0.2, -0.15) is 0 Å². The Morgan fingerprint density at radius 1 is 1.00 bits per heavy atom. The van der Waals surface area contributed by atoms with Gasteiger partial charge < -0.3 is 15.0 Å². The minimum Gasteiger partial charge on any atom is -0.497 e. The van der Waals surface area contributed by atoms with Crippen molar-refractivity contribution in [3.63, 3.8) is 0 Å². The fraction of sp³-hybridized carbons (Fsp3) is 0.111. The first kappa shape index (κ1) is 21.0. The van der Waals surface area contributed by atoms with Crippen LogP contribution >= 0.6 is 11.6 Å². The summed E-state index contributed by atoms with van der Waals surface area (Å²) in [6.45, 7) is 0.505. The number of fused-ring (bicyclic) bond motifs is 3. The average Bonchev–Trinajstić information content (AvgIpc) is 3.22. The van der Waals surface area contributed by atoms with E-state index in [9.17, 15) is 4.79 Å². The number of ether oxygens (including phenoxy) is 1. The highest BCUT2D eigenvalue weighted by Crippen LogP contribution is 2.33. The normalized spacial score (nSPS) is 11.1. The molecule has 0 fully saturated rings. The second-order valence-corrected chi connectivity index (χ2v) is 8.25. The van der Waals surface area contributed by atoms with Crippen LogP contribution in [0.1, 0.15) is 16.1 Å². The zero-order chi connectivity index (χ0) is 22.8. The molecular weight excluding hydrogens is 434 g/mol. The van der Waals surface area contributed by atoms with Crippen LogP contribution in [0.2, 0.25) is 5.02 Å². The van der Waals surface area contributed by atoms with E-state index >= 15 is 0 Å². The Morgan fingerprint density at radius 3 is 2.61 bits per heavy atom. The van der Waals surface area contributed by atoms with Gasteiger partial charge in [0.1, 0.15) is 11.4 Å². The highest BCUT2D eigenvalue weighted by molar-refractivity contribution is 6.31. The van der Waals surface area contributed by atoms with Gasteiger partial charge in [0.05, 0.1) is 18.3 Å². The van der Waals surface area contributed by atoms with Crippen molar-refractivity contribution in [3.8, 4) is 17.0 Å². The van der Waals surface area contributed by atoms with E-state index < -0.39 is 0 Å². The van der Waals surface area contributed by atoms with Crippen molar-refractivity contribution >= 4 is 39.3 Å². The number of amides is 1. The van der Waals surface area contributed by atoms with Crippen LogP contribution in [0.3, 0.4) is 0 Å². The van der Waals surface area contributed by atoms with Crippen molar-refractivity contribution in [2.24, 2.45) is 0 Å². The third-order valence-electron chi connectivity index (χ3n) is 5.69. The third-order valence-corrected chi connectivity index (χ3v) is 5.92. The number of hydrogen-bond acceptors (Lipinski definition) is 3. The molecule has 0 spiro atoms. The SMILES string of the molecule is COc1ccc(CCNC(=O)c2cc3c([nH]c4ccccc43)c(-c3cccc(Cl)c3)n2)cc1. The van der Waals surface area contributed by atoms with Crippen molar-refractivity contribution in [3.05, 3.63) is 95.1 Å². The average molecular weight is 456 g/mol. The molecule has 5 aromatic rings. The van der Waals surface area contributed by atoms with Crippen molar-refractivity contribution in [1.82, 2.24) is 15.3 Å². The third kappa shape index (κ3) is 4.28. The van der Waals surface area contributed by atoms with E-state index in [1.165, 1.54) is 0 Å². The Hall–Kier alpha value is -3.83. The lowest BCUT2D eigenvalue weighted by atomic mass is 10.1. The van der Waals surface area contributed by atoms with Crippen molar-refractivity contribution < 1.29 is 9.53 Å². The maximum atomic E-state index is 13.1. The number of aromatic amines is 1. The molecule has 0 aliphatic rings. The number of halogens is 1. The number of aromatic nitrogens is 2. The summed E-state index contributed by atoms with van der Waals surface area (Å²) >= 11 is 6.25. The zero-order valence-electron chi connectivity index (χ0n) is 18.1. The van der Waals surface area contributed by atoms with Gasteiger partial charge in [0, 0.05) is 33.4 Å². The molecule has 0 bridgehead atoms. The van der Waals surface area contributed by atoms with E-state index in [-0.39, 0.29) is 5.91 Å². The van der Waals surface area contributed by atoms with Crippen LogP contribution in [0.4, 0.5) is 0 Å². The molecule has 0 aliphatic carbocycles. The number of nitrogens with zero attached hydrogens (tertiary/aromatic N) is 1. The van der Waals surface area contributed by atoms with Crippen LogP contribution in [-0.2, 0) is 6.42 Å². The smallest absolute Gasteiger partial charge is 0.269 e. The molecule has 3 aromatic carbocycles. The standard InChI is InChI=1S/C27H22ClN3O2/c1-33-20-11-9-17(10-12-20)13-14-29-27(32)24-16-22-21-7-2-3-8-23(21)30-26(22)25(31-24)18-5-4-6-19(28)15-18/h2-12,15-16,30H,13-14H2,1H3,(H,29,32). The number of para-hydroxylation sites is 1. The van der Waals surface area contributed by atoms with Crippen molar-refractivity contribution in [2.45, 2.75) is 6.42 Å². The molecule has 2 aromatic heterocycles. The molecule has 0 unspecified atom stereocenters. The van der Waals surface area contributed by atoms with Gasteiger partial charge in [-0.1, -0.05) is 54.1 Å². The largest absolute Gasteiger partial charge is 0.497 e. The number of hydrogen-bond donors (Lipinski definition) is 2. The van der Waals surface area contributed by atoms with E-state index in [2.05, 4.69) is 10.3 Å². The van der Waals surface area contributed by atoms with Gasteiger partial charge in [-0.25, -0.2) is 4.98 Å². The lowest BCUT2D eigenvalue weighted by Crippen LogP contribution is -2.26. The summed E-state index contributed by atoms with van der Waals surface area (Å²) < 4.78 is 5.19. The first-order valence-corrected chi connectivity index (χ1v) is 11.1. The van der Waals surface area contributed by atoms with Gasteiger partial charge in [-0.15, -0.1) is 0 Å². The Kier molecular flexibility index (Phi) is 5.71. The van der Waals surface area contributed by atoms with Gasteiger partial charge in [0.15, 0.2) is 0 Å².